The molecule has 0 bridgehead atoms. The van der Waals surface area contributed by atoms with Gasteiger partial charge in [0, 0.05) is 24.3 Å². The number of hydrogen-bond acceptors (Lipinski definition) is 5. The maximum atomic E-state index is 13.1. The van der Waals surface area contributed by atoms with Gasteiger partial charge < -0.3 is 15.2 Å². The number of carbonyl (C=O) groups excluding carboxylic acids is 1. The third-order valence-corrected chi connectivity index (χ3v) is 4.39. The van der Waals surface area contributed by atoms with Crippen molar-refractivity contribution in [1.29, 1.82) is 0 Å². The first-order valence-electron chi connectivity index (χ1n) is 7.79. The summed E-state index contributed by atoms with van der Waals surface area (Å²) in [5.41, 5.74) is 8.58. The van der Waals surface area contributed by atoms with Crippen LogP contribution in [0.3, 0.4) is 0 Å². The van der Waals surface area contributed by atoms with Gasteiger partial charge in [-0.25, -0.2) is 4.98 Å². The van der Waals surface area contributed by atoms with Crippen molar-refractivity contribution in [2.45, 2.75) is 52.1 Å². The van der Waals surface area contributed by atoms with Crippen LogP contribution >= 0.6 is 12.4 Å². The standard InChI is InChI=1S/C16H22N4O2.ClH/c1-9-8-12(14-11(3)19-22-15(14)18-9)16(21)20-7-5-4-6-13(20)10(2)17;/h8,10,13H,4-7,17H2,1-3H3;1H. The minimum Gasteiger partial charge on any atom is -0.336 e. The molecule has 2 aromatic heterocycles. The molecule has 0 spiro atoms. The summed E-state index contributed by atoms with van der Waals surface area (Å²) in [6, 6.07) is 1.87. The lowest BCUT2D eigenvalue weighted by Gasteiger charge is -2.38. The molecule has 0 aliphatic carbocycles. The number of fused-ring (bicyclic) bond motifs is 1. The molecule has 2 N–H and O–H groups in total. The molecule has 126 valence electrons. The maximum absolute atomic E-state index is 13.1. The second-order valence-electron chi connectivity index (χ2n) is 6.18. The minimum absolute atomic E-state index is 0. The quantitative estimate of drug-likeness (QED) is 0.909. The van der Waals surface area contributed by atoms with Gasteiger partial charge in [0.15, 0.2) is 0 Å². The molecule has 2 aromatic rings. The van der Waals surface area contributed by atoms with E-state index in [1.54, 1.807) is 0 Å². The van der Waals surface area contributed by atoms with E-state index in [9.17, 15) is 4.79 Å². The van der Waals surface area contributed by atoms with Gasteiger partial charge in [0.2, 0.25) is 0 Å². The predicted octanol–water partition coefficient (Wildman–Crippen LogP) is 2.60. The van der Waals surface area contributed by atoms with Crippen molar-refractivity contribution in [2.75, 3.05) is 6.54 Å². The summed E-state index contributed by atoms with van der Waals surface area (Å²) in [6.45, 7) is 6.40. The summed E-state index contributed by atoms with van der Waals surface area (Å²) in [5.74, 6) is 0.00352. The van der Waals surface area contributed by atoms with Crippen LogP contribution in [0.25, 0.3) is 11.1 Å². The lowest BCUT2D eigenvalue weighted by atomic mass is 9.95. The number of likely N-dealkylation sites (tertiary alicyclic amines) is 1. The summed E-state index contributed by atoms with van der Waals surface area (Å²) in [7, 11) is 0. The molecule has 3 heterocycles. The van der Waals surface area contributed by atoms with E-state index in [0.717, 1.165) is 31.5 Å². The van der Waals surface area contributed by atoms with Gasteiger partial charge in [-0.15, -0.1) is 12.4 Å². The molecular weight excluding hydrogens is 316 g/mol. The van der Waals surface area contributed by atoms with Crippen LogP contribution < -0.4 is 5.73 Å². The monoisotopic (exact) mass is 338 g/mol. The molecule has 0 saturated carbocycles. The zero-order valence-corrected chi connectivity index (χ0v) is 14.5. The Morgan fingerprint density at radius 2 is 2.17 bits per heavy atom. The van der Waals surface area contributed by atoms with Crippen molar-refractivity contribution < 1.29 is 9.32 Å². The molecule has 2 unspecified atom stereocenters. The first-order chi connectivity index (χ1) is 10.5. The van der Waals surface area contributed by atoms with E-state index < -0.39 is 0 Å². The SMILES string of the molecule is Cc1cc(C(=O)N2CCCCC2C(C)N)c2c(C)noc2n1.Cl. The number of aryl methyl sites for hydroxylation is 2. The Kier molecular flexibility index (Phi) is 5.26. The Balaban J connectivity index is 0.00000192. The number of rotatable bonds is 2. The van der Waals surface area contributed by atoms with Gasteiger partial charge in [0.05, 0.1) is 16.6 Å². The van der Waals surface area contributed by atoms with Crippen LogP contribution in [0.15, 0.2) is 10.6 Å². The molecule has 1 fully saturated rings. The second kappa shape index (κ2) is 6.84. The Labute approximate surface area is 141 Å². The van der Waals surface area contributed by atoms with Crippen LogP contribution in [0.2, 0.25) is 0 Å². The smallest absolute Gasteiger partial charge is 0.258 e. The highest BCUT2D eigenvalue weighted by atomic mass is 35.5. The molecule has 0 radical (unpaired) electrons. The summed E-state index contributed by atoms with van der Waals surface area (Å²) in [6.07, 6.45) is 3.09. The van der Waals surface area contributed by atoms with E-state index >= 15 is 0 Å². The van der Waals surface area contributed by atoms with Gasteiger partial charge in [-0.2, -0.15) is 0 Å². The molecule has 23 heavy (non-hydrogen) atoms. The number of aromatic nitrogens is 2. The molecular formula is C16H23ClN4O2. The lowest BCUT2D eigenvalue weighted by molar-refractivity contribution is 0.0585. The average molecular weight is 339 g/mol. The summed E-state index contributed by atoms with van der Waals surface area (Å²) >= 11 is 0. The molecule has 1 saturated heterocycles. The highest BCUT2D eigenvalue weighted by Gasteiger charge is 2.31. The first kappa shape index (κ1) is 17.7. The van der Waals surface area contributed by atoms with Gasteiger partial charge in [-0.05, 0) is 46.1 Å². The lowest BCUT2D eigenvalue weighted by Crippen LogP contribution is -2.51. The number of piperidine rings is 1. The van der Waals surface area contributed by atoms with Gasteiger partial charge in [-0.1, -0.05) is 5.16 Å². The Morgan fingerprint density at radius 1 is 1.43 bits per heavy atom. The second-order valence-corrected chi connectivity index (χ2v) is 6.18. The zero-order valence-electron chi connectivity index (χ0n) is 13.7. The Morgan fingerprint density at radius 3 is 2.87 bits per heavy atom. The number of nitrogens with zero attached hydrogens (tertiary/aromatic N) is 3. The van der Waals surface area contributed by atoms with Gasteiger partial charge in [0.25, 0.3) is 11.6 Å². The Hall–Kier alpha value is -1.66. The first-order valence-corrected chi connectivity index (χ1v) is 7.79. The van der Waals surface area contributed by atoms with Crippen molar-refractivity contribution >= 4 is 29.4 Å². The fourth-order valence-electron chi connectivity index (χ4n) is 3.30. The van der Waals surface area contributed by atoms with Crippen molar-refractivity contribution in [3.63, 3.8) is 0 Å². The van der Waals surface area contributed by atoms with Crippen molar-refractivity contribution in [2.24, 2.45) is 5.73 Å². The number of halogens is 1. The highest BCUT2D eigenvalue weighted by molar-refractivity contribution is 6.06. The molecule has 6 nitrogen and oxygen atoms in total. The molecule has 2 atom stereocenters. The average Bonchev–Trinajstić information content (AvgIpc) is 2.86. The fourth-order valence-corrected chi connectivity index (χ4v) is 3.30. The normalized spacial score (nSPS) is 19.5. The molecule has 1 aliphatic rings. The van der Waals surface area contributed by atoms with E-state index in [-0.39, 0.29) is 30.4 Å². The van der Waals surface area contributed by atoms with Crippen molar-refractivity contribution in [3.05, 3.63) is 23.0 Å². The summed E-state index contributed by atoms with van der Waals surface area (Å²) < 4.78 is 5.23. The van der Waals surface area contributed by atoms with Gasteiger partial charge in [-0.3, -0.25) is 4.79 Å². The van der Waals surface area contributed by atoms with Crippen molar-refractivity contribution in [3.8, 4) is 0 Å². The molecule has 7 heteroatoms. The molecule has 0 aromatic carbocycles. The van der Waals surface area contributed by atoms with Crippen LogP contribution in [0, 0.1) is 13.8 Å². The predicted molar refractivity (Wildman–Crippen MR) is 90.9 cm³/mol. The third kappa shape index (κ3) is 3.19. The maximum Gasteiger partial charge on any atom is 0.258 e. The van der Waals surface area contributed by atoms with Crippen LogP contribution in [-0.2, 0) is 0 Å². The van der Waals surface area contributed by atoms with Crippen LogP contribution in [0.1, 0.15) is 47.9 Å². The number of nitrogens with two attached hydrogens (primary N) is 1. The number of carbonyl (C=O) groups is 1. The largest absolute Gasteiger partial charge is 0.336 e. The van der Waals surface area contributed by atoms with E-state index in [4.69, 9.17) is 10.3 Å². The fraction of sp³-hybridized carbons (Fsp3) is 0.562. The van der Waals surface area contributed by atoms with Crippen LogP contribution in [0.5, 0.6) is 0 Å². The van der Waals surface area contributed by atoms with E-state index in [1.165, 1.54) is 0 Å². The topological polar surface area (TPSA) is 85.2 Å². The molecule has 1 amide bonds. The minimum atomic E-state index is -0.0359. The van der Waals surface area contributed by atoms with Crippen LogP contribution in [0.4, 0.5) is 0 Å². The van der Waals surface area contributed by atoms with E-state index in [1.807, 2.05) is 31.7 Å². The number of pyridine rings is 1. The number of hydrogen-bond donors (Lipinski definition) is 1. The van der Waals surface area contributed by atoms with Crippen LogP contribution in [-0.4, -0.2) is 39.6 Å². The van der Waals surface area contributed by atoms with E-state index in [0.29, 0.717) is 22.4 Å². The molecule has 3 rings (SSSR count). The highest BCUT2D eigenvalue weighted by Crippen LogP contribution is 2.27. The summed E-state index contributed by atoms with van der Waals surface area (Å²) in [5, 5.41) is 4.66. The van der Waals surface area contributed by atoms with E-state index in [2.05, 4.69) is 10.1 Å². The van der Waals surface area contributed by atoms with Gasteiger partial charge >= 0.3 is 0 Å². The Bertz CT molecular complexity index is 713. The number of amides is 1. The molecule has 1 aliphatic heterocycles. The van der Waals surface area contributed by atoms with Crippen molar-refractivity contribution in [1.82, 2.24) is 15.0 Å². The van der Waals surface area contributed by atoms with Gasteiger partial charge in [0.1, 0.15) is 0 Å². The summed E-state index contributed by atoms with van der Waals surface area (Å²) in [4.78, 5) is 19.3. The third-order valence-electron chi connectivity index (χ3n) is 4.39. The zero-order chi connectivity index (χ0) is 15.9.